The maximum absolute atomic E-state index is 13.1. The number of nitrogens with one attached hydrogen (secondary N) is 4. The van der Waals surface area contributed by atoms with Crippen molar-refractivity contribution in [2.24, 2.45) is 0 Å². The van der Waals surface area contributed by atoms with Crippen LogP contribution >= 0.6 is 0 Å². The third kappa shape index (κ3) is 8.88. The molecular formula is C29H26F3N5O7. The summed E-state index contributed by atoms with van der Waals surface area (Å²) in [6.45, 7) is 3.64. The van der Waals surface area contributed by atoms with Gasteiger partial charge < -0.3 is 26.4 Å². The SMILES string of the molecule is CC(=O)NCc1ccc(N/C(=C2\C(=O)Nc3ccc([N+](=O)[O-])cc32)c2ccc(CNC(C)=O)cc2)cc1.O=C(O)C(F)(F)F. The maximum atomic E-state index is 13.1. The van der Waals surface area contributed by atoms with Gasteiger partial charge in [0.15, 0.2) is 0 Å². The van der Waals surface area contributed by atoms with Crippen LogP contribution in [0.15, 0.2) is 66.7 Å². The van der Waals surface area contributed by atoms with E-state index in [1.807, 2.05) is 48.5 Å². The fraction of sp³-hybridized carbons (Fsp3) is 0.172. The van der Waals surface area contributed by atoms with E-state index < -0.39 is 17.1 Å². The van der Waals surface area contributed by atoms with Crippen molar-refractivity contribution in [2.45, 2.75) is 33.1 Å². The van der Waals surface area contributed by atoms with E-state index in [1.165, 1.54) is 32.0 Å². The quantitative estimate of drug-likeness (QED) is 0.141. The second kappa shape index (κ2) is 14.0. The highest BCUT2D eigenvalue weighted by molar-refractivity contribution is 6.37. The number of rotatable bonds is 8. The minimum absolute atomic E-state index is 0.125. The Labute approximate surface area is 248 Å². The molecule has 0 aromatic heterocycles. The fourth-order valence-electron chi connectivity index (χ4n) is 3.89. The van der Waals surface area contributed by atoms with E-state index in [9.17, 15) is 37.7 Å². The standard InChI is InChI=1S/C27H25N5O5.C2HF3O2/c1-16(33)28-14-18-3-7-20(8-4-18)26(30-21-9-5-19(6-10-21)15-29-17(2)34)25-23-13-22(32(36)37)11-12-24(23)31-27(25)35;3-2(4,5)1(6)7/h3-13,30H,14-15H2,1-2H3,(H,28,33)(H,29,34)(H,31,35);(H,6,7)/b26-25-;. The molecular weight excluding hydrogens is 587 g/mol. The number of nitrogens with zero attached hydrogens (tertiary/aromatic N) is 1. The average molecular weight is 614 g/mol. The van der Waals surface area contributed by atoms with Gasteiger partial charge in [0.05, 0.1) is 16.2 Å². The minimum Gasteiger partial charge on any atom is -0.475 e. The van der Waals surface area contributed by atoms with Gasteiger partial charge in [-0.1, -0.05) is 36.4 Å². The Hall–Kier alpha value is -5.73. The zero-order valence-corrected chi connectivity index (χ0v) is 23.2. The summed E-state index contributed by atoms with van der Waals surface area (Å²) in [6.07, 6.45) is -5.08. The highest BCUT2D eigenvalue weighted by atomic mass is 19.4. The lowest BCUT2D eigenvalue weighted by molar-refractivity contribution is -0.384. The highest BCUT2D eigenvalue weighted by Gasteiger charge is 2.38. The summed E-state index contributed by atoms with van der Waals surface area (Å²) in [5.74, 6) is -3.41. The van der Waals surface area contributed by atoms with Crippen LogP contribution in [0.5, 0.6) is 0 Å². The summed E-state index contributed by atoms with van der Waals surface area (Å²) in [4.78, 5) is 55.4. The van der Waals surface area contributed by atoms with Gasteiger partial charge in [-0.15, -0.1) is 0 Å². The first-order chi connectivity index (χ1) is 20.6. The topological polar surface area (TPSA) is 180 Å². The fourth-order valence-corrected chi connectivity index (χ4v) is 3.89. The van der Waals surface area contributed by atoms with Crippen LogP contribution in [0.4, 0.5) is 30.2 Å². The number of anilines is 2. The second-order valence-corrected chi connectivity index (χ2v) is 9.33. The van der Waals surface area contributed by atoms with E-state index in [0.717, 1.165) is 11.1 Å². The Kier molecular flexibility index (Phi) is 10.4. The lowest BCUT2D eigenvalue weighted by atomic mass is 9.98. The molecule has 15 heteroatoms. The van der Waals surface area contributed by atoms with Crippen LogP contribution in [0.1, 0.15) is 36.1 Å². The van der Waals surface area contributed by atoms with Gasteiger partial charge >= 0.3 is 12.1 Å². The van der Waals surface area contributed by atoms with Crippen molar-refractivity contribution >= 4 is 52.0 Å². The molecule has 3 aromatic rings. The van der Waals surface area contributed by atoms with E-state index in [0.29, 0.717) is 41.3 Å². The molecule has 0 unspecified atom stereocenters. The van der Waals surface area contributed by atoms with Crippen LogP contribution in [-0.4, -0.2) is 39.9 Å². The van der Waals surface area contributed by atoms with E-state index >= 15 is 0 Å². The molecule has 0 saturated heterocycles. The molecule has 1 heterocycles. The lowest BCUT2D eigenvalue weighted by Gasteiger charge is -2.16. The molecule has 0 saturated carbocycles. The molecule has 0 atom stereocenters. The molecule has 1 aliphatic rings. The smallest absolute Gasteiger partial charge is 0.475 e. The largest absolute Gasteiger partial charge is 0.490 e. The van der Waals surface area contributed by atoms with E-state index in [4.69, 9.17) is 9.90 Å². The normalized spacial score (nSPS) is 13.0. The van der Waals surface area contributed by atoms with Gasteiger partial charge in [0.1, 0.15) is 0 Å². The van der Waals surface area contributed by atoms with Gasteiger partial charge in [0.25, 0.3) is 11.6 Å². The number of amides is 3. The predicted molar refractivity (Wildman–Crippen MR) is 154 cm³/mol. The molecule has 5 N–H and O–H groups in total. The van der Waals surface area contributed by atoms with E-state index in [2.05, 4.69) is 21.3 Å². The van der Waals surface area contributed by atoms with E-state index in [1.54, 1.807) is 0 Å². The first-order valence-corrected chi connectivity index (χ1v) is 12.7. The molecule has 1 aliphatic heterocycles. The van der Waals surface area contributed by atoms with Crippen molar-refractivity contribution in [1.29, 1.82) is 0 Å². The summed E-state index contributed by atoms with van der Waals surface area (Å²) < 4.78 is 31.7. The molecule has 12 nitrogen and oxygen atoms in total. The van der Waals surface area contributed by atoms with Crippen molar-refractivity contribution in [3.63, 3.8) is 0 Å². The first kappa shape index (κ1) is 32.8. The van der Waals surface area contributed by atoms with Crippen LogP contribution in [0.3, 0.4) is 0 Å². The Balaban J connectivity index is 0.000000676. The second-order valence-electron chi connectivity index (χ2n) is 9.33. The molecule has 0 fully saturated rings. The average Bonchev–Trinajstić information content (AvgIpc) is 3.29. The Morgan fingerprint density at radius 2 is 1.39 bits per heavy atom. The maximum Gasteiger partial charge on any atom is 0.490 e. The van der Waals surface area contributed by atoms with Crippen molar-refractivity contribution in [2.75, 3.05) is 10.6 Å². The molecule has 3 amide bonds. The van der Waals surface area contributed by atoms with Gasteiger partial charge in [-0.25, -0.2) is 4.79 Å². The molecule has 0 bridgehead atoms. The molecule has 0 radical (unpaired) electrons. The van der Waals surface area contributed by atoms with Crippen LogP contribution < -0.4 is 21.3 Å². The molecule has 4 rings (SSSR count). The summed E-state index contributed by atoms with van der Waals surface area (Å²) in [5, 5.41) is 30.1. The zero-order valence-electron chi connectivity index (χ0n) is 23.2. The number of alkyl halides is 3. The number of benzene rings is 3. The summed E-state index contributed by atoms with van der Waals surface area (Å²) in [6, 6.07) is 18.9. The number of hydrogen-bond donors (Lipinski definition) is 5. The van der Waals surface area contributed by atoms with Gasteiger partial charge in [-0.05, 0) is 34.9 Å². The highest BCUT2D eigenvalue weighted by Crippen LogP contribution is 2.39. The lowest BCUT2D eigenvalue weighted by Crippen LogP contribution is -2.21. The number of nitro benzene ring substituents is 1. The van der Waals surface area contributed by atoms with Gasteiger partial charge in [-0.3, -0.25) is 24.5 Å². The third-order valence-corrected chi connectivity index (χ3v) is 6.00. The van der Waals surface area contributed by atoms with Crippen LogP contribution in [-0.2, 0) is 32.3 Å². The number of non-ortho nitro benzene ring substituents is 1. The molecule has 3 aromatic carbocycles. The van der Waals surface area contributed by atoms with Crippen molar-refractivity contribution in [1.82, 2.24) is 10.6 Å². The van der Waals surface area contributed by atoms with Crippen LogP contribution in [0.25, 0.3) is 11.3 Å². The summed E-state index contributed by atoms with van der Waals surface area (Å²) >= 11 is 0. The minimum atomic E-state index is -5.08. The first-order valence-electron chi connectivity index (χ1n) is 12.7. The van der Waals surface area contributed by atoms with Crippen molar-refractivity contribution in [3.05, 3.63) is 99.1 Å². The zero-order chi connectivity index (χ0) is 32.6. The van der Waals surface area contributed by atoms with Gasteiger partial charge in [-0.2, -0.15) is 13.2 Å². The number of halogens is 3. The number of carbonyl (C=O) groups is 4. The third-order valence-electron chi connectivity index (χ3n) is 6.00. The number of carboxylic acid groups (broad SMARTS) is 1. The Bertz CT molecular complexity index is 1620. The number of hydrogen-bond acceptors (Lipinski definition) is 7. The van der Waals surface area contributed by atoms with Crippen molar-refractivity contribution in [3.8, 4) is 0 Å². The number of carbonyl (C=O) groups excluding carboxylic acids is 3. The molecule has 0 spiro atoms. The van der Waals surface area contributed by atoms with Crippen LogP contribution in [0.2, 0.25) is 0 Å². The van der Waals surface area contributed by atoms with Gasteiger partial charge in [0.2, 0.25) is 11.8 Å². The number of nitro groups is 1. The molecule has 230 valence electrons. The van der Waals surface area contributed by atoms with Crippen molar-refractivity contribution < 1.29 is 42.4 Å². The molecule has 0 aliphatic carbocycles. The monoisotopic (exact) mass is 613 g/mol. The Morgan fingerprint density at radius 1 is 0.886 bits per heavy atom. The predicted octanol–water partition coefficient (Wildman–Crippen LogP) is 4.43. The summed E-state index contributed by atoms with van der Waals surface area (Å²) in [7, 11) is 0. The van der Waals surface area contributed by atoms with Crippen LogP contribution in [0, 0.1) is 10.1 Å². The number of carboxylic acids is 1. The Morgan fingerprint density at radius 3 is 1.84 bits per heavy atom. The van der Waals surface area contributed by atoms with Gasteiger partial charge in [0, 0.05) is 56.0 Å². The number of aliphatic carboxylic acids is 1. The number of fused-ring (bicyclic) bond motifs is 1. The van der Waals surface area contributed by atoms with E-state index in [-0.39, 0.29) is 29.0 Å². The molecule has 44 heavy (non-hydrogen) atoms. The summed E-state index contributed by atoms with van der Waals surface area (Å²) in [5.41, 5.74) is 4.66.